The molecule has 1 atom stereocenters. The summed E-state index contributed by atoms with van der Waals surface area (Å²) in [6.45, 7) is -0.293. The second-order valence-electron chi connectivity index (χ2n) is 6.35. The fourth-order valence-electron chi connectivity index (χ4n) is 3.23. The molecule has 0 bridgehead atoms. The standard InChI is InChI=1S/C20H16N2O7/c23-15(24)9-10-21-17(13-7-4-8-14(11-13)22(28)29)16(19(26)20(21)27)18(25)12-5-2-1-3-6-12/h1-8,11,17,25H,9-10H2,(H,23,24)/b18-16+. The number of aliphatic hydroxyl groups excluding tert-OH is 1. The lowest BCUT2D eigenvalue weighted by Gasteiger charge is -2.24. The molecule has 3 rings (SSSR count). The van der Waals surface area contributed by atoms with Crippen LogP contribution in [-0.2, 0) is 14.4 Å². The van der Waals surface area contributed by atoms with Gasteiger partial charge in [0.2, 0.25) is 0 Å². The van der Waals surface area contributed by atoms with Gasteiger partial charge in [-0.25, -0.2) is 0 Å². The molecule has 9 nitrogen and oxygen atoms in total. The van der Waals surface area contributed by atoms with Gasteiger partial charge in [-0.3, -0.25) is 24.5 Å². The zero-order valence-corrected chi connectivity index (χ0v) is 15.0. The van der Waals surface area contributed by atoms with Gasteiger partial charge in [-0.1, -0.05) is 42.5 Å². The van der Waals surface area contributed by atoms with Crippen LogP contribution < -0.4 is 0 Å². The van der Waals surface area contributed by atoms with E-state index in [9.17, 15) is 29.6 Å². The number of aliphatic hydroxyl groups is 1. The molecule has 1 aliphatic rings. The number of nitro groups is 1. The number of carboxylic acid groups (broad SMARTS) is 1. The predicted octanol–water partition coefficient (Wildman–Crippen LogP) is 2.49. The van der Waals surface area contributed by atoms with Crippen molar-refractivity contribution in [3.63, 3.8) is 0 Å². The summed E-state index contributed by atoms with van der Waals surface area (Å²) in [6, 6.07) is 12.3. The Morgan fingerprint density at radius 1 is 1.07 bits per heavy atom. The number of hydrogen-bond donors (Lipinski definition) is 2. The van der Waals surface area contributed by atoms with E-state index in [2.05, 4.69) is 0 Å². The number of carboxylic acids is 1. The first-order valence-corrected chi connectivity index (χ1v) is 8.61. The number of aliphatic carboxylic acids is 1. The minimum Gasteiger partial charge on any atom is -0.507 e. The highest BCUT2D eigenvalue weighted by Gasteiger charge is 2.46. The lowest BCUT2D eigenvalue weighted by atomic mass is 9.95. The summed E-state index contributed by atoms with van der Waals surface area (Å²) < 4.78 is 0. The van der Waals surface area contributed by atoms with Crippen LogP contribution in [-0.4, -0.2) is 44.2 Å². The van der Waals surface area contributed by atoms with E-state index in [0.29, 0.717) is 5.56 Å². The first kappa shape index (κ1) is 19.7. The highest BCUT2D eigenvalue weighted by molar-refractivity contribution is 6.46. The molecular formula is C20H16N2O7. The van der Waals surface area contributed by atoms with Crippen molar-refractivity contribution in [2.24, 2.45) is 0 Å². The number of carbonyl (C=O) groups is 3. The minimum absolute atomic E-state index is 0.223. The van der Waals surface area contributed by atoms with Crippen LogP contribution >= 0.6 is 0 Å². The third-order valence-corrected chi connectivity index (χ3v) is 4.55. The molecule has 1 heterocycles. The number of hydrogen-bond acceptors (Lipinski definition) is 6. The zero-order valence-electron chi connectivity index (χ0n) is 15.0. The Balaban J connectivity index is 2.18. The van der Waals surface area contributed by atoms with Crippen LogP contribution in [0.5, 0.6) is 0 Å². The number of amides is 1. The van der Waals surface area contributed by atoms with Crippen LogP contribution in [0.2, 0.25) is 0 Å². The van der Waals surface area contributed by atoms with Crippen molar-refractivity contribution in [3.05, 3.63) is 81.4 Å². The Bertz CT molecular complexity index is 1030. The molecular weight excluding hydrogens is 380 g/mol. The summed E-state index contributed by atoms with van der Waals surface area (Å²) in [5.74, 6) is -3.56. The van der Waals surface area contributed by atoms with Crippen molar-refractivity contribution in [1.29, 1.82) is 0 Å². The number of nitrogens with zero attached hydrogens (tertiary/aromatic N) is 2. The molecule has 29 heavy (non-hydrogen) atoms. The van der Waals surface area contributed by atoms with Crippen molar-refractivity contribution >= 4 is 29.1 Å². The van der Waals surface area contributed by atoms with Crippen LogP contribution in [0, 0.1) is 10.1 Å². The van der Waals surface area contributed by atoms with Gasteiger partial charge in [-0.2, -0.15) is 0 Å². The Kier molecular flexibility index (Phi) is 5.40. The molecule has 0 saturated carbocycles. The fraction of sp³-hybridized carbons (Fsp3) is 0.150. The van der Waals surface area contributed by atoms with Gasteiger partial charge in [0.25, 0.3) is 17.4 Å². The number of benzene rings is 2. The summed E-state index contributed by atoms with van der Waals surface area (Å²) in [6.07, 6.45) is -0.427. The maximum atomic E-state index is 12.7. The summed E-state index contributed by atoms with van der Waals surface area (Å²) in [4.78, 5) is 47.8. The number of non-ortho nitro benzene ring substituents is 1. The zero-order chi connectivity index (χ0) is 21.1. The molecule has 1 fully saturated rings. The third-order valence-electron chi connectivity index (χ3n) is 4.55. The van der Waals surface area contributed by atoms with E-state index in [1.165, 1.54) is 24.3 Å². The topological polar surface area (TPSA) is 138 Å². The highest BCUT2D eigenvalue weighted by Crippen LogP contribution is 2.40. The molecule has 2 N–H and O–H groups in total. The van der Waals surface area contributed by atoms with Crippen LogP contribution in [0.1, 0.15) is 23.6 Å². The van der Waals surface area contributed by atoms with Gasteiger partial charge in [0.05, 0.1) is 23.0 Å². The second kappa shape index (κ2) is 7.93. The van der Waals surface area contributed by atoms with E-state index in [1.807, 2.05) is 0 Å². The molecule has 0 aromatic heterocycles. The van der Waals surface area contributed by atoms with Gasteiger partial charge in [0.15, 0.2) is 0 Å². The predicted molar refractivity (Wildman–Crippen MR) is 101 cm³/mol. The second-order valence-corrected chi connectivity index (χ2v) is 6.35. The van der Waals surface area contributed by atoms with Gasteiger partial charge >= 0.3 is 5.97 Å². The number of likely N-dealkylation sites (tertiary alicyclic amines) is 1. The molecule has 1 aliphatic heterocycles. The summed E-state index contributed by atoms with van der Waals surface area (Å²) >= 11 is 0. The first-order valence-electron chi connectivity index (χ1n) is 8.61. The van der Waals surface area contributed by atoms with Crippen molar-refractivity contribution in [2.45, 2.75) is 12.5 Å². The van der Waals surface area contributed by atoms with E-state index >= 15 is 0 Å². The fourth-order valence-corrected chi connectivity index (χ4v) is 3.23. The van der Waals surface area contributed by atoms with E-state index in [-0.39, 0.29) is 23.4 Å². The van der Waals surface area contributed by atoms with Gasteiger partial charge in [-0.05, 0) is 5.56 Å². The Morgan fingerprint density at radius 3 is 2.38 bits per heavy atom. The van der Waals surface area contributed by atoms with E-state index < -0.39 is 40.8 Å². The largest absolute Gasteiger partial charge is 0.507 e. The molecule has 148 valence electrons. The number of Topliss-reactive ketones (excluding diaryl/α,β-unsaturated/α-hetero) is 1. The van der Waals surface area contributed by atoms with Crippen LogP contribution in [0.4, 0.5) is 5.69 Å². The summed E-state index contributed by atoms with van der Waals surface area (Å²) in [7, 11) is 0. The van der Waals surface area contributed by atoms with Gasteiger partial charge < -0.3 is 15.1 Å². The molecule has 1 amide bonds. The molecule has 0 aliphatic carbocycles. The number of nitro benzene ring substituents is 1. The number of carbonyl (C=O) groups excluding carboxylic acids is 2. The normalized spacial score (nSPS) is 18.1. The maximum Gasteiger partial charge on any atom is 0.305 e. The Labute approximate surface area is 164 Å². The van der Waals surface area contributed by atoms with E-state index in [4.69, 9.17) is 5.11 Å². The molecule has 2 aromatic rings. The lowest BCUT2D eigenvalue weighted by molar-refractivity contribution is -0.384. The average molecular weight is 396 g/mol. The SMILES string of the molecule is O=C(O)CCN1C(=O)C(=O)/C(=C(/O)c2ccccc2)C1c1cccc([N+](=O)[O-])c1. The van der Waals surface area contributed by atoms with Gasteiger partial charge in [0.1, 0.15) is 5.76 Å². The molecule has 9 heteroatoms. The first-order chi connectivity index (χ1) is 13.8. The van der Waals surface area contributed by atoms with Gasteiger partial charge in [-0.15, -0.1) is 0 Å². The number of rotatable bonds is 6. The molecule has 0 spiro atoms. The van der Waals surface area contributed by atoms with Crippen LogP contribution in [0.25, 0.3) is 5.76 Å². The number of ketones is 1. The van der Waals surface area contributed by atoms with Crippen molar-refractivity contribution in [2.75, 3.05) is 6.54 Å². The van der Waals surface area contributed by atoms with Crippen molar-refractivity contribution in [1.82, 2.24) is 4.90 Å². The molecule has 1 saturated heterocycles. The van der Waals surface area contributed by atoms with E-state index in [0.717, 1.165) is 4.90 Å². The quantitative estimate of drug-likeness (QED) is 0.251. The van der Waals surface area contributed by atoms with E-state index in [1.54, 1.807) is 30.3 Å². The van der Waals surface area contributed by atoms with Gasteiger partial charge in [0, 0.05) is 24.2 Å². The lowest BCUT2D eigenvalue weighted by Crippen LogP contribution is -2.31. The molecule has 0 radical (unpaired) electrons. The van der Waals surface area contributed by atoms with Crippen LogP contribution in [0.3, 0.4) is 0 Å². The molecule has 2 aromatic carbocycles. The maximum absolute atomic E-state index is 12.7. The molecule has 1 unspecified atom stereocenters. The highest BCUT2D eigenvalue weighted by atomic mass is 16.6. The summed E-state index contributed by atoms with van der Waals surface area (Å²) in [5, 5.41) is 30.9. The Hall–Kier alpha value is -4.01. The van der Waals surface area contributed by atoms with Crippen LogP contribution in [0.15, 0.2) is 60.2 Å². The van der Waals surface area contributed by atoms with Crippen molar-refractivity contribution in [3.8, 4) is 0 Å². The Morgan fingerprint density at radius 2 is 1.76 bits per heavy atom. The summed E-state index contributed by atoms with van der Waals surface area (Å²) in [5.41, 5.74) is 0.0126. The monoisotopic (exact) mass is 396 g/mol. The van der Waals surface area contributed by atoms with Crippen molar-refractivity contribution < 1.29 is 29.5 Å². The minimum atomic E-state index is -1.17. The third kappa shape index (κ3) is 3.84. The average Bonchev–Trinajstić information content (AvgIpc) is 2.97. The smallest absolute Gasteiger partial charge is 0.305 e.